The Morgan fingerprint density at radius 3 is 2.55 bits per heavy atom. The summed E-state index contributed by atoms with van der Waals surface area (Å²) < 4.78 is 13.3. The number of benzene rings is 1. The van der Waals surface area contributed by atoms with Gasteiger partial charge in [0.1, 0.15) is 5.82 Å². The monoisotopic (exact) mass is 279 g/mol. The molecule has 0 aliphatic heterocycles. The number of rotatable bonds is 4. The van der Waals surface area contributed by atoms with Crippen LogP contribution < -0.4 is 5.32 Å². The molecule has 2 rings (SSSR count). The first-order valence-corrected chi connectivity index (χ1v) is 7.22. The molecule has 110 valence electrons. The average molecular weight is 279 g/mol. The zero-order chi connectivity index (χ0) is 14.7. The van der Waals surface area contributed by atoms with Crippen molar-refractivity contribution in [3.8, 4) is 0 Å². The van der Waals surface area contributed by atoms with Crippen LogP contribution in [-0.4, -0.2) is 17.1 Å². The number of hydrogen-bond acceptors (Lipinski definition) is 2. The highest BCUT2D eigenvalue weighted by molar-refractivity contribution is 5.70. The maximum Gasteiger partial charge on any atom is 0.306 e. The Morgan fingerprint density at radius 2 is 2.00 bits per heavy atom. The highest BCUT2D eigenvalue weighted by Gasteiger charge is 2.26. The van der Waals surface area contributed by atoms with Crippen LogP contribution in [0.2, 0.25) is 0 Å². The van der Waals surface area contributed by atoms with Gasteiger partial charge in [0.25, 0.3) is 0 Å². The zero-order valence-corrected chi connectivity index (χ0v) is 12.0. The Bertz CT molecular complexity index is 481. The molecule has 1 aliphatic carbocycles. The average Bonchev–Trinajstić information content (AvgIpc) is 2.42. The van der Waals surface area contributed by atoms with Crippen molar-refractivity contribution in [3.05, 3.63) is 35.1 Å². The van der Waals surface area contributed by atoms with Gasteiger partial charge in [0.05, 0.1) is 5.92 Å². The minimum atomic E-state index is -0.675. The molecule has 0 unspecified atom stereocenters. The Morgan fingerprint density at radius 1 is 1.35 bits per heavy atom. The van der Waals surface area contributed by atoms with E-state index in [9.17, 15) is 9.18 Å². The molecule has 0 spiro atoms. The Balaban J connectivity index is 1.90. The van der Waals surface area contributed by atoms with Gasteiger partial charge >= 0.3 is 5.97 Å². The number of halogens is 1. The molecule has 20 heavy (non-hydrogen) atoms. The lowest BCUT2D eigenvalue weighted by Gasteiger charge is -2.29. The van der Waals surface area contributed by atoms with Gasteiger partial charge in [-0.2, -0.15) is 0 Å². The highest BCUT2D eigenvalue weighted by atomic mass is 19.1. The van der Waals surface area contributed by atoms with Crippen molar-refractivity contribution in [1.82, 2.24) is 5.32 Å². The van der Waals surface area contributed by atoms with Crippen molar-refractivity contribution >= 4 is 5.97 Å². The molecule has 1 saturated carbocycles. The van der Waals surface area contributed by atoms with Crippen molar-refractivity contribution < 1.29 is 14.3 Å². The topological polar surface area (TPSA) is 49.3 Å². The minimum Gasteiger partial charge on any atom is -0.481 e. The maximum atomic E-state index is 13.3. The lowest BCUT2D eigenvalue weighted by molar-refractivity contribution is -0.142. The van der Waals surface area contributed by atoms with E-state index in [1.165, 1.54) is 6.07 Å². The van der Waals surface area contributed by atoms with Crippen molar-refractivity contribution in [3.63, 3.8) is 0 Å². The summed E-state index contributed by atoms with van der Waals surface area (Å²) in [4.78, 5) is 10.9. The number of hydrogen-bond donors (Lipinski definition) is 2. The van der Waals surface area contributed by atoms with Gasteiger partial charge in [-0.25, -0.2) is 4.39 Å². The van der Waals surface area contributed by atoms with Crippen LogP contribution in [0.5, 0.6) is 0 Å². The summed E-state index contributed by atoms with van der Waals surface area (Å²) >= 11 is 0. The molecule has 2 N–H and O–H groups in total. The molecule has 1 fully saturated rings. The van der Waals surface area contributed by atoms with Gasteiger partial charge in [0, 0.05) is 12.1 Å². The van der Waals surface area contributed by atoms with Crippen molar-refractivity contribution in [2.75, 3.05) is 0 Å². The first-order chi connectivity index (χ1) is 9.47. The third-order valence-electron chi connectivity index (χ3n) is 4.24. The quantitative estimate of drug-likeness (QED) is 0.887. The van der Waals surface area contributed by atoms with E-state index in [0.717, 1.165) is 31.2 Å². The summed E-state index contributed by atoms with van der Waals surface area (Å²) in [6, 6.07) is 5.69. The SMILES string of the molecule is Cc1cc([C@@H](C)NC2CCC(C(=O)O)CC2)ccc1F. The third kappa shape index (κ3) is 3.57. The molecule has 1 aromatic carbocycles. The molecule has 4 heteroatoms. The first-order valence-electron chi connectivity index (χ1n) is 7.22. The molecular weight excluding hydrogens is 257 g/mol. The van der Waals surface area contributed by atoms with Crippen LogP contribution in [0, 0.1) is 18.7 Å². The predicted octanol–water partition coefficient (Wildman–Crippen LogP) is 3.43. The molecule has 1 aromatic rings. The molecule has 0 amide bonds. The molecule has 0 saturated heterocycles. The Hall–Kier alpha value is -1.42. The zero-order valence-electron chi connectivity index (χ0n) is 12.0. The second-order valence-corrected chi connectivity index (χ2v) is 5.78. The van der Waals surface area contributed by atoms with Gasteiger partial charge < -0.3 is 10.4 Å². The number of carboxylic acids is 1. The van der Waals surface area contributed by atoms with Crippen LogP contribution in [0.1, 0.15) is 49.8 Å². The minimum absolute atomic E-state index is 0.153. The molecule has 0 aromatic heterocycles. The number of carbonyl (C=O) groups is 1. The molecule has 0 radical (unpaired) electrons. The van der Waals surface area contributed by atoms with E-state index in [1.807, 2.05) is 12.1 Å². The first kappa shape index (κ1) is 15.0. The summed E-state index contributed by atoms with van der Waals surface area (Å²) in [5.41, 5.74) is 1.73. The van der Waals surface area contributed by atoms with E-state index >= 15 is 0 Å². The molecule has 1 atom stereocenters. The van der Waals surface area contributed by atoms with Crippen molar-refractivity contribution in [2.24, 2.45) is 5.92 Å². The largest absolute Gasteiger partial charge is 0.481 e. The smallest absolute Gasteiger partial charge is 0.306 e. The van der Waals surface area contributed by atoms with Crippen LogP contribution >= 0.6 is 0 Å². The van der Waals surface area contributed by atoms with Gasteiger partial charge in [0.15, 0.2) is 0 Å². The molecule has 0 heterocycles. The summed E-state index contributed by atoms with van der Waals surface area (Å²) in [6.45, 7) is 3.83. The summed E-state index contributed by atoms with van der Waals surface area (Å²) in [5, 5.41) is 12.5. The highest BCUT2D eigenvalue weighted by Crippen LogP contribution is 2.26. The lowest BCUT2D eigenvalue weighted by atomic mass is 9.85. The molecular formula is C16H22FNO2. The van der Waals surface area contributed by atoms with Crippen molar-refractivity contribution in [2.45, 2.75) is 51.6 Å². The Kier molecular flexibility index (Phi) is 4.76. The second-order valence-electron chi connectivity index (χ2n) is 5.78. The molecule has 3 nitrogen and oxygen atoms in total. The normalized spacial score (nSPS) is 24.4. The van der Waals surface area contributed by atoms with Gasteiger partial charge in [-0.15, -0.1) is 0 Å². The van der Waals surface area contributed by atoms with Crippen LogP contribution in [0.15, 0.2) is 18.2 Å². The fraction of sp³-hybridized carbons (Fsp3) is 0.562. The van der Waals surface area contributed by atoms with E-state index in [0.29, 0.717) is 11.6 Å². The fourth-order valence-electron chi connectivity index (χ4n) is 2.89. The van der Waals surface area contributed by atoms with Crippen LogP contribution in [0.3, 0.4) is 0 Å². The third-order valence-corrected chi connectivity index (χ3v) is 4.24. The molecule has 0 bridgehead atoms. The second kappa shape index (κ2) is 6.35. The van der Waals surface area contributed by atoms with Gasteiger partial charge in [-0.3, -0.25) is 4.79 Å². The van der Waals surface area contributed by atoms with Gasteiger partial charge in [0.2, 0.25) is 0 Å². The van der Waals surface area contributed by atoms with E-state index < -0.39 is 5.97 Å². The number of aliphatic carboxylic acids is 1. The van der Waals surface area contributed by atoms with Crippen molar-refractivity contribution in [1.29, 1.82) is 0 Å². The Labute approximate surface area is 119 Å². The lowest BCUT2D eigenvalue weighted by Crippen LogP contribution is -2.36. The van der Waals surface area contributed by atoms with E-state index in [1.54, 1.807) is 6.92 Å². The van der Waals surface area contributed by atoms with Gasteiger partial charge in [-0.05, 0) is 56.7 Å². The van der Waals surface area contributed by atoms with Crippen LogP contribution in [0.4, 0.5) is 4.39 Å². The number of nitrogens with one attached hydrogen (secondary N) is 1. The van der Waals surface area contributed by atoms with Crippen LogP contribution in [-0.2, 0) is 4.79 Å². The fourth-order valence-corrected chi connectivity index (χ4v) is 2.89. The number of carboxylic acid groups (broad SMARTS) is 1. The standard InChI is InChI=1S/C16H22FNO2/c1-10-9-13(5-8-15(10)17)11(2)18-14-6-3-12(4-7-14)16(19)20/h5,8-9,11-12,14,18H,3-4,6-7H2,1-2H3,(H,19,20)/t11-,12?,14?/m1/s1. The number of aryl methyl sites for hydroxylation is 1. The summed E-state index contributed by atoms with van der Waals surface area (Å²) in [7, 11) is 0. The van der Waals surface area contributed by atoms with E-state index in [2.05, 4.69) is 12.2 Å². The van der Waals surface area contributed by atoms with E-state index in [4.69, 9.17) is 5.11 Å². The van der Waals surface area contributed by atoms with Gasteiger partial charge in [-0.1, -0.05) is 12.1 Å². The summed E-state index contributed by atoms with van der Waals surface area (Å²) in [5.74, 6) is -1.04. The predicted molar refractivity (Wildman–Crippen MR) is 76.1 cm³/mol. The maximum absolute atomic E-state index is 13.3. The summed E-state index contributed by atoms with van der Waals surface area (Å²) in [6.07, 6.45) is 3.26. The van der Waals surface area contributed by atoms with E-state index in [-0.39, 0.29) is 17.8 Å². The molecule has 1 aliphatic rings. The van der Waals surface area contributed by atoms with Crippen LogP contribution in [0.25, 0.3) is 0 Å².